The van der Waals surface area contributed by atoms with Crippen LogP contribution in [0.2, 0.25) is 0 Å². The van der Waals surface area contributed by atoms with Crippen LogP contribution in [0.25, 0.3) is 0 Å². The van der Waals surface area contributed by atoms with Crippen LogP contribution in [0.5, 0.6) is 0 Å². The highest BCUT2D eigenvalue weighted by molar-refractivity contribution is 7.89. The molecule has 0 aliphatic rings. The third-order valence-corrected chi connectivity index (χ3v) is 6.08. The molecule has 2 rings (SSSR count). The van der Waals surface area contributed by atoms with Gasteiger partial charge in [-0.2, -0.15) is 4.31 Å². The van der Waals surface area contributed by atoms with Gasteiger partial charge >= 0.3 is 5.82 Å². The normalized spacial score (nSPS) is 11.4. The molecule has 0 unspecified atom stereocenters. The number of amides is 1. The number of nitrogens with zero attached hydrogens (tertiary/aromatic N) is 4. The lowest BCUT2D eigenvalue weighted by atomic mass is 10.2. The largest absolute Gasteiger partial charge is 0.363 e. The molecule has 0 bridgehead atoms. The molecule has 1 aromatic heterocycles. The van der Waals surface area contributed by atoms with Gasteiger partial charge in [0.2, 0.25) is 10.0 Å². The average Bonchev–Trinajstić information content (AvgIpc) is 2.67. The van der Waals surface area contributed by atoms with Gasteiger partial charge in [-0.05, 0) is 34.2 Å². The summed E-state index contributed by atoms with van der Waals surface area (Å²) in [6, 6.07) is 8.38. The average molecular weight is 392 g/mol. The summed E-state index contributed by atoms with van der Waals surface area (Å²) >= 11 is 0. The summed E-state index contributed by atoms with van der Waals surface area (Å²) < 4.78 is 26.6. The van der Waals surface area contributed by atoms with Gasteiger partial charge in [0.15, 0.2) is 6.20 Å². The van der Waals surface area contributed by atoms with E-state index in [1.54, 1.807) is 13.8 Å². The van der Waals surface area contributed by atoms with Gasteiger partial charge in [-0.15, -0.1) is 0 Å². The van der Waals surface area contributed by atoms with E-state index in [0.29, 0.717) is 18.8 Å². The predicted octanol–water partition coefficient (Wildman–Crippen LogP) is 2.30. The molecular weight excluding hydrogens is 372 g/mol. The van der Waals surface area contributed by atoms with E-state index in [9.17, 15) is 23.3 Å². The quantitative estimate of drug-likeness (QED) is 0.528. The van der Waals surface area contributed by atoms with Crippen molar-refractivity contribution in [1.29, 1.82) is 0 Å². The molecule has 1 heterocycles. The Morgan fingerprint density at radius 2 is 1.85 bits per heavy atom. The second-order valence-corrected chi connectivity index (χ2v) is 7.55. The molecule has 0 aliphatic heterocycles. The molecule has 0 atom stereocenters. The van der Waals surface area contributed by atoms with E-state index in [1.807, 2.05) is 0 Å². The summed E-state index contributed by atoms with van der Waals surface area (Å²) in [6.07, 6.45) is 1.21. The van der Waals surface area contributed by atoms with Crippen LogP contribution < -0.4 is 4.90 Å². The number of carbonyl (C=O) groups excluding carboxylic acids is 1. The zero-order valence-corrected chi connectivity index (χ0v) is 16.0. The minimum atomic E-state index is -3.69. The molecule has 0 saturated carbocycles. The maximum Gasteiger partial charge on any atom is 0.363 e. The molecule has 144 valence electrons. The van der Waals surface area contributed by atoms with Gasteiger partial charge in [0, 0.05) is 31.8 Å². The second kappa shape index (κ2) is 8.23. The first-order valence-electron chi connectivity index (χ1n) is 8.21. The van der Waals surface area contributed by atoms with E-state index in [4.69, 9.17) is 0 Å². The van der Waals surface area contributed by atoms with Crippen LogP contribution >= 0.6 is 0 Å². The van der Waals surface area contributed by atoms with Crippen LogP contribution in [0, 0.1) is 10.1 Å². The number of pyridine rings is 1. The Morgan fingerprint density at radius 3 is 2.37 bits per heavy atom. The summed E-state index contributed by atoms with van der Waals surface area (Å²) in [6.45, 7) is 4.13. The van der Waals surface area contributed by atoms with Gasteiger partial charge in [-0.1, -0.05) is 19.9 Å². The molecule has 9 nitrogen and oxygen atoms in total. The highest BCUT2D eigenvalue weighted by Crippen LogP contribution is 2.21. The van der Waals surface area contributed by atoms with Crippen LogP contribution in [0.3, 0.4) is 0 Å². The van der Waals surface area contributed by atoms with Crippen molar-refractivity contribution in [3.8, 4) is 0 Å². The van der Waals surface area contributed by atoms with Gasteiger partial charge in [0.25, 0.3) is 5.91 Å². The molecule has 27 heavy (non-hydrogen) atoms. The van der Waals surface area contributed by atoms with Crippen LogP contribution in [-0.2, 0) is 10.0 Å². The Kier molecular flexibility index (Phi) is 6.24. The molecule has 1 aromatic carbocycles. The molecule has 0 radical (unpaired) electrons. The fourth-order valence-corrected chi connectivity index (χ4v) is 4.00. The molecule has 0 spiro atoms. The summed E-state index contributed by atoms with van der Waals surface area (Å²) in [7, 11) is -2.20. The maximum absolute atomic E-state index is 12.7. The summed E-state index contributed by atoms with van der Waals surface area (Å²) in [5, 5.41) is 10.7. The van der Waals surface area contributed by atoms with E-state index in [0.717, 1.165) is 0 Å². The Balaban J connectivity index is 2.33. The van der Waals surface area contributed by atoms with Crippen molar-refractivity contribution in [2.75, 3.05) is 25.0 Å². The van der Waals surface area contributed by atoms with Crippen molar-refractivity contribution in [2.24, 2.45) is 0 Å². The van der Waals surface area contributed by atoms with Gasteiger partial charge in [-0.3, -0.25) is 4.79 Å². The van der Waals surface area contributed by atoms with E-state index in [2.05, 4.69) is 4.98 Å². The van der Waals surface area contributed by atoms with E-state index >= 15 is 0 Å². The predicted molar refractivity (Wildman–Crippen MR) is 100 cm³/mol. The topological polar surface area (TPSA) is 114 Å². The van der Waals surface area contributed by atoms with Crippen molar-refractivity contribution in [3.05, 3.63) is 58.3 Å². The zero-order valence-electron chi connectivity index (χ0n) is 15.2. The third-order valence-electron chi connectivity index (χ3n) is 4.04. The summed E-state index contributed by atoms with van der Waals surface area (Å²) in [4.78, 5) is 27.7. The Labute approximate surface area is 157 Å². The first-order chi connectivity index (χ1) is 12.7. The lowest BCUT2D eigenvalue weighted by Crippen LogP contribution is -2.31. The maximum atomic E-state index is 12.7. The Hall–Kier alpha value is -2.85. The Morgan fingerprint density at radius 1 is 1.19 bits per heavy atom. The Bertz CT molecular complexity index is 940. The van der Waals surface area contributed by atoms with E-state index in [-0.39, 0.29) is 16.3 Å². The molecular formula is C17H20N4O5S. The molecule has 0 fully saturated rings. The fourth-order valence-electron chi connectivity index (χ4n) is 2.50. The van der Waals surface area contributed by atoms with E-state index in [1.165, 1.54) is 58.8 Å². The fraction of sp³-hybridized carbons (Fsp3) is 0.294. The van der Waals surface area contributed by atoms with Crippen molar-refractivity contribution in [3.63, 3.8) is 0 Å². The minimum Gasteiger partial charge on any atom is -0.358 e. The van der Waals surface area contributed by atoms with Gasteiger partial charge in [-0.25, -0.2) is 8.42 Å². The monoisotopic (exact) mass is 392 g/mol. The molecule has 1 amide bonds. The number of carbonyl (C=O) groups is 1. The minimum absolute atomic E-state index is 0.0345. The third kappa shape index (κ3) is 4.29. The number of aromatic nitrogens is 1. The molecule has 2 aromatic rings. The number of hydrogen-bond acceptors (Lipinski definition) is 6. The summed E-state index contributed by atoms with van der Waals surface area (Å²) in [5.41, 5.74) is 0.534. The van der Waals surface area contributed by atoms with Crippen LogP contribution in [0.15, 0.2) is 47.5 Å². The van der Waals surface area contributed by atoms with Gasteiger partial charge in [0.1, 0.15) is 0 Å². The highest BCUT2D eigenvalue weighted by Gasteiger charge is 2.24. The number of benzene rings is 1. The van der Waals surface area contributed by atoms with Crippen LogP contribution in [-0.4, -0.2) is 48.7 Å². The molecule has 0 saturated heterocycles. The number of nitro groups is 1. The van der Waals surface area contributed by atoms with E-state index < -0.39 is 20.9 Å². The number of rotatable bonds is 7. The van der Waals surface area contributed by atoms with Crippen molar-refractivity contribution in [1.82, 2.24) is 9.29 Å². The van der Waals surface area contributed by atoms with Crippen molar-refractivity contribution in [2.45, 2.75) is 18.7 Å². The summed E-state index contributed by atoms with van der Waals surface area (Å²) in [5.74, 6) is -0.783. The first-order valence-corrected chi connectivity index (χ1v) is 9.65. The molecule has 0 N–H and O–H groups in total. The van der Waals surface area contributed by atoms with Crippen molar-refractivity contribution < 1.29 is 18.1 Å². The zero-order chi connectivity index (χ0) is 20.2. The standard InChI is InChI=1S/C17H20N4O5S/c1-4-20(5-2)27(25,26)15-8-6-7-13(11-15)17(22)19(3)14-9-10-16(18-12-14)21(23)24/h6-12H,4-5H2,1-3H3. The molecule has 10 heteroatoms. The smallest absolute Gasteiger partial charge is 0.358 e. The van der Waals surface area contributed by atoms with Crippen molar-refractivity contribution >= 4 is 27.4 Å². The van der Waals surface area contributed by atoms with Crippen LogP contribution in [0.1, 0.15) is 24.2 Å². The van der Waals surface area contributed by atoms with Crippen LogP contribution in [0.4, 0.5) is 11.5 Å². The SMILES string of the molecule is CCN(CC)S(=O)(=O)c1cccc(C(=O)N(C)c2ccc([N+](=O)[O-])nc2)c1. The number of anilines is 1. The van der Waals surface area contributed by atoms with Gasteiger partial charge in [0.05, 0.1) is 10.6 Å². The lowest BCUT2D eigenvalue weighted by Gasteiger charge is -2.20. The molecule has 0 aliphatic carbocycles. The highest BCUT2D eigenvalue weighted by atomic mass is 32.2. The number of hydrogen-bond donors (Lipinski definition) is 0. The number of sulfonamides is 1. The first kappa shape index (κ1) is 20.5. The second-order valence-electron chi connectivity index (χ2n) is 5.61. The lowest BCUT2D eigenvalue weighted by molar-refractivity contribution is -0.389. The van der Waals surface area contributed by atoms with Gasteiger partial charge < -0.3 is 15.0 Å².